The SMILES string of the molecule is CC/C=C\C/C=C\C/C=C\C/C=C\C/C=C\CCCCCC(=O)NC(COC1OC(CO)C(OC2OC(CO)C(OC3OC(CO)C(O)C(O)C3O)C(O)C2O)C(O)C1O)C(O)CCCCCCCCCCC. The first kappa shape index (κ1) is 64.8. The number of hydrogen-bond acceptors (Lipinski definition) is 18. The van der Waals surface area contributed by atoms with Gasteiger partial charge >= 0.3 is 0 Å². The Bertz CT molecular complexity index is 1580. The summed E-state index contributed by atoms with van der Waals surface area (Å²) in [5.41, 5.74) is 0. The van der Waals surface area contributed by atoms with Crippen LogP contribution in [0.3, 0.4) is 0 Å². The van der Waals surface area contributed by atoms with Crippen LogP contribution in [0.4, 0.5) is 0 Å². The molecule has 19 nitrogen and oxygen atoms in total. The first-order valence-electron chi connectivity index (χ1n) is 27.0. The van der Waals surface area contributed by atoms with Crippen LogP contribution in [0.15, 0.2) is 60.8 Å². The Morgan fingerprint density at radius 2 is 0.945 bits per heavy atom. The molecule has 0 aliphatic carbocycles. The average Bonchev–Trinajstić information content (AvgIpc) is 3.39. The zero-order valence-electron chi connectivity index (χ0n) is 43.3. The molecule has 17 unspecified atom stereocenters. The number of carbonyl (C=O) groups excluding carboxylic acids is 1. The number of unbranched alkanes of at least 4 members (excludes halogenated alkanes) is 11. The van der Waals surface area contributed by atoms with Gasteiger partial charge in [-0.05, 0) is 57.8 Å². The van der Waals surface area contributed by atoms with Crippen LogP contribution in [0.2, 0.25) is 0 Å². The maximum Gasteiger partial charge on any atom is 0.220 e. The van der Waals surface area contributed by atoms with E-state index in [4.69, 9.17) is 28.4 Å². The second-order valence-corrected chi connectivity index (χ2v) is 19.3. The lowest BCUT2D eigenvalue weighted by Crippen LogP contribution is -2.66. The van der Waals surface area contributed by atoms with E-state index < -0.39 is 124 Å². The van der Waals surface area contributed by atoms with Gasteiger partial charge in [-0.15, -0.1) is 0 Å². The molecule has 422 valence electrons. The number of aliphatic hydroxyl groups excluding tert-OH is 11. The second-order valence-electron chi connectivity index (χ2n) is 19.3. The standard InChI is InChI=1S/C54H93NO18/c1-3-5-7-9-11-13-14-15-16-17-18-19-20-21-22-24-26-28-30-32-42(60)55-37(38(59)31-29-27-25-23-12-10-8-6-4-2)36-68-52-48(66)45(63)50(40(34-57)70-52)73-54-49(67)46(64)51(41(35-58)71-54)72-53-47(65)44(62)43(61)39(33-56)69-53/h5,7,11,13,15-16,18-19,21-22,37-41,43-54,56-59,61-67H,3-4,6,8-10,12,14,17,20,23-36H2,1-2H3,(H,55,60)/b7-5-,13-11-,16-15-,19-18-,22-21-. The molecule has 3 fully saturated rings. The van der Waals surface area contributed by atoms with E-state index >= 15 is 0 Å². The van der Waals surface area contributed by atoms with Crippen LogP contribution in [-0.2, 0) is 33.2 Å². The number of aliphatic hydroxyl groups is 11. The monoisotopic (exact) mass is 1040 g/mol. The molecular weight excluding hydrogens is 951 g/mol. The summed E-state index contributed by atoms with van der Waals surface area (Å²) in [6, 6.07) is -0.904. The fraction of sp³-hybridized carbons (Fsp3) is 0.796. The van der Waals surface area contributed by atoms with Crippen molar-refractivity contribution in [2.45, 2.75) is 247 Å². The topological polar surface area (TPSA) is 307 Å². The zero-order chi connectivity index (χ0) is 53.4. The molecule has 0 radical (unpaired) electrons. The largest absolute Gasteiger partial charge is 0.394 e. The molecule has 17 atom stereocenters. The number of carbonyl (C=O) groups is 1. The summed E-state index contributed by atoms with van der Waals surface area (Å²) >= 11 is 0. The van der Waals surface area contributed by atoms with Gasteiger partial charge in [-0.25, -0.2) is 0 Å². The Kier molecular flexibility index (Phi) is 33.8. The van der Waals surface area contributed by atoms with Crippen molar-refractivity contribution in [3.05, 3.63) is 60.8 Å². The molecule has 3 aliphatic heterocycles. The van der Waals surface area contributed by atoms with Gasteiger partial charge in [0.1, 0.15) is 73.2 Å². The van der Waals surface area contributed by atoms with Crippen LogP contribution in [0.5, 0.6) is 0 Å². The number of rotatable bonds is 37. The van der Waals surface area contributed by atoms with Gasteiger partial charge in [0, 0.05) is 6.42 Å². The Labute approximate surface area is 433 Å². The normalized spacial score (nSPS) is 32.2. The van der Waals surface area contributed by atoms with E-state index in [-0.39, 0.29) is 18.9 Å². The van der Waals surface area contributed by atoms with E-state index in [1.807, 2.05) is 0 Å². The Balaban J connectivity index is 1.52. The molecule has 3 heterocycles. The van der Waals surface area contributed by atoms with E-state index in [1.54, 1.807) is 0 Å². The van der Waals surface area contributed by atoms with Gasteiger partial charge in [0.2, 0.25) is 5.91 Å². The van der Waals surface area contributed by atoms with Crippen molar-refractivity contribution in [3.63, 3.8) is 0 Å². The summed E-state index contributed by atoms with van der Waals surface area (Å²) in [5, 5.41) is 120. The van der Waals surface area contributed by atoms with Gasteiger partial charge in [-0.2, -0.15) is 0 Å². The first-order chi connectivity index (χ1) is 35.3. The van der Waals surface area contributed by atoms with Crippen molar-refractivity contribution in [1.29, 1.82) is 0 Å². The number of nitrogens with one attached hydrogen (secondary N) is 1. The van der Waals surface area contributed by atoms with Crippen LogP contribution in [0.25, 0.3) is 0 Å². The minimum atomic E-state index is -1.98. The molecule has 3 aliphatic rings. The fourth-order valence-corrected chi connectivity index (χ4v) is 8.87. The highest BCUT2D eigenvalue weighted by Crippen LogP contribution is 2.33. The predicted octanol–water partition coefficient (Wildman–Crippen LogP) is 2.92. The average molecular weight is 1040 g/mol. The van der Waals surface area contributed by atoms with Gasteiger partial charge in [0.05, 0.1) is 38.6 Å². The molecule has 0 aromatic heterocycles. The molecule has 19 heteroatoms. The van der Waals surface area contributed by atoms with Gasteiger partial charge in [-0.1, -0.05) is 139 Å². The summed E-state index contributed by atoms with van der Waals surface area (Å²) in [5.74, 6) is -0.281. The lowest BCUT2D eigenvalue weighted by molar-refractivity contribution is -0.379. The smallest absolute Gasteiger partial charge is 0.220 e. The molecule has 0 bridgehead atoms. The summed E-state index contributed by atoms with van der Waals surface area (Å²) in [4.78, 5) is 13.2. The molecular formula is C54H93NO18. The lowest BCUT2D eigenvalue weighted by Gasteiger charge is -2.48. The maximum atomic E-state index is 13.2. The van der Waals surface area contributed by atoms with Crippen molar-refractivity contribution in [2.75, 3.05) is 26.4 Å². The summed E-state index contributed by atoms with van der Waals surface area (Å²) in [6.07, 6.45) is 13.4. The predicted molar refractivity (Wildman–Crippen MR) is 272 cm³/mol. The third kappa shape index (κ3) is 23.3. The molecule has 0 aromatic rings. The van der Waals surface area contributed by atoms with Crippen molar-refractivity contribution in [2.24, 2.45) is 0 Å². The van der Waals surface area contributed by atoms with Crippen molar-refractivity contribution in [3.8, 4) is 0 Å². The van der Waals surface area contributed by atoms with Crippen molar-refractivity contribution >= 4 is 5.91 Å². The maximum absolute atomic E-state index is 13.2. The zero-order valence-corrected chi connectivity index (χ0v) is 43.3. The molecule has 0 spiro atoms. The number of allylic oxidation sites excluding steroid dienone is 10. The minimum Gasteiger partial charge on any atom is -0.394 e. The van der Waals surface area contributed by atoms with Crippen molar-refractivity contribution in [1.82, 2.24) is 5.32 Å². The first-order valence-corrected chi connectivity index (χ1v) is 27.0. The molecule has 3 rings (SSSR count). The molecule has 0 saturated carbocycles. The molecule has 12 N–H and O–H groups in total. The number of amides is 1. The van der Waals surface area contributed by atoms with Crippen LogP contribution in [0.1, 0.15) is 142 Å². The van der Waals surface area contributed by atoms with Gasteiger partial charge < -0.3 is 89.9 Å². The highest BCUT2D eigenvalue weighted by Gasteiger charge is 2.53. The van der Waals surface area contributed by atoms with Gasteiger partial charge in [-0.3, -0.25) is 4.79 Å². The fourth-order valence-electron chi connectivity index (χ4n) is 8.87. The third-order valence-electron chi connectivity index (χ3n) is 13.4. The molecule has 0 aromatic carbocycles. The minimum absolute atomic E-state index is 0.224. The van der Waals surface area contributed by atoms with E-state index in [0.717, 1.165) is 77.0 Å². The van der Waals surface area contributed by atoms with Crippen molar-refractivity contribution < 1.29 is 89.4 Å². The molecule has 1 amide bonds. The molecule has 3 saturated heterocycles. The lowest BCUT2D eigenvalue weighted by atomic mass is 9.96. The van der Waals surface area contributed by atoms with Gasteiger partial charge in [0.15, 0.2) is 18.9 Å². The number of ether oxygens (including phenoxy) is 6. The van der Waals surface area contributed by atoms with E-state index in [1.165, 1.54) is 25.7 Å². The van der Waals surface area contributed by atoms with E-state index in [2.05, 4.69) is 79.9 Å². The van der Waals surface area contributed by atoms with Crippen LogP contribution >= 0.6 is 0 Å². The van der Waals surface area contributed by atoms with Crippen LogP contribution in [-0.4, -0.2) is 193 Å². The quantitative estimate of drug-likeness (QED) is 0.0315. The van der Waals surface area contributed by atoms with E-state index in [9.17, 15) is 61.0 Å². The third-order valence-corrected chi connectivity index (χ3v) is 13.4. The summed E-state index contributed by atoms with van der Waals surface area (Å²) < 4.78 is 34.1. The van der Waals surface area contributed by atoms with Crippen LogP contribution < -0.4 is 5.32 Å². The van der Waals surface area contributed by atoms with Crippen LogP contribution in [0, 0.1) is 0 Å². The number of hydrogen-bond donors (Lipinski definition) is 12. The van der Waals surface area contributed by atoms with Gasteiger partial charge in [0.25, 0.3) is 0 Å². The van der Waals surface area contributed by atoms with E-state index in [0.29, 0.717) is 19.3 Å². The second kappa shape index (κ2) is 38.1. The highest BCUT2D eigenvalue weighted by atomic mass is 16.8. The highest BCUT2D eigenvalue weighted by molar-refractivity contribution is 5.76. The summed E-state index contributed by atoms with van der Waals surface area (Å²) in [6.45, 7) is 1.57. The Hall–Kier alpha value is -2.51. The molecule has 73 heavy (non-hydrogen) atoms. The Morgan fingerprint density at radius 1 is 0.507 bits per heavy atom. The Morgan fingerprint density at radius 3 is 1.47 bits per heavy atom. The summed E-state index contributed by atoms with van der Waals surface area (Å²) in [7, 11) is 0.